The van der Waals surface area contributed by atoms with E-state index in [9.17, 15) is 13.2 Å². The van der Waals surface area contributed by atoms with Crippen LogP contribution in [0.25, 0.3) is 0 Å². The zero-order chi connectivity index (χ0) is 18.7. The topological polar surface area (TPSA) is 79.0 Å². The molecule has 0 aliphatic carbocycles. The lowest BCUT2D eigenvalue weighted by Crippen LogP contribution is -2.48. The van der Waals surface area contributed by atoms with Gasteiger partial charge in [-0.05, 0) is 51.0 Å². The molecule has 7 nitrogen and oxygen atoms in total. The maximum atomic E-state index is 12.5. The lowest BCUT2D eigenvalue weighted by atomic mass is 10.2. The highest BCUT2D eigenvalue weighted by molar-refractivity contribution is 7.89. The molecule has 0 saturated carbocycles. The van der Waals surface area contributed by atoms with E-state index in [0.29, 0.717) is 25.3 Å². The molecule has 144 valence electrons. The highest BCUT2D eigenvalue weighted by Crippen LogP contribution is 2.22. The number of amides is 1. The molecule has 1 N–H and O–H groups in total. The van der Waals surface area contributed by atoms with Crippen LogP contribution in [0, 0.1) is 0 Å². The summed E-state index contributed by atoms with van der Waals surface area (Å²) >= 11 is 0. The molecule has 0 radical (unpaired) electrons. The molecule has 1 aromatic rings. The first-order chi connectivity index (χ1) is 12.3. The number of anilines is 1. The van der Waals surface area contributed by atoms with Crippen LogP contribution in [0.1, 0.15) is 26.7 Å². The fourth-order valence-corrected chi connectivity index (χ4v) is 5.12. The van der Waals surface area contributed by atoms with Crippen LogP contribution in [0.3, 0.4) is 0 Å². The largest absolute Gasteiger partial charge is 0.373 e. The minimum absolute atomic E-state index is 0.110. The minimum atomic E-state index is -3.42. The van der Waals surface area contributed by atoms with Crippen molar-refractivity contribution in [3.05, 3.63) is 24.3 Å². The fourth-order valence-electron chi connectivity index (χ4n) is 3.60. The maximum absolute atomic E-state index is 12.5. The number of nitrogens with zero attached hydrogens (tertiary/aromatic N) is 2. The van der Waals surface area contributed by atoms with Crippen molar-refractivity contribution in [2.24, 2.45) is 0 Å². The molecule has 3 rings (SSSR count). The quantitative estimate of drug-likeness (QED) is 0.837. The lowest BCUT2D eigenvalue weighted by molar-refractivity contribution is -0.121. The summed E-state index contributed by atoms with van der Waals surface area (Å²) in [7, 11) is -3.42. The third-order valence-electron chi connectivity index (χ3n) is 4.70. The first-order valence-electron chi connectivity index (χ1n) is 9.12. The number of ether oxygens (including phenoxy) is 1. The van der Waals surface area contributed by atoms with Gasteiger partial charge in [-0.2, -0.15) is 4.31 Å². The normalized spacial score (nSPS) is 25.3. The van der Waals surface area contributed by atoms with Crippen molar-refractivity contribution in [1.82, 2.24) is 9.21 Å². The average molecular weight is 381 g/mol. The Hall–Kier alpha value is -1.48. The Morgan fingerprint density at radius 1 is 1.12 bits per heavy atom. The Morgan fingerprint density at radius 3 is 2.27 bits per heavy atom. The van der Waals surface area contributed by atoms with E-state index in [-0.39, 0.29) is 23.0 Å². The van der Waals surface area contributed by atoms with Gasteiger partial charge in [0, 0.05) is 31.9 Å². The molecule has 0 unspecified atom stereocenters. The van der Waals surface area contributed by atoms with Crippen LogP contribution in [0.4, 0.5) is 5.69 Å². The Morgan fingerprint density at radius 2 is 1.69 bits per heavy atom. The van der Waals surface area contributed by atoms with Crippen LogP contribution in [0.5, 0.6) is 0 Å². The van der Waals surface area contributed by atoms with Gasteiger partial charge in [-0.1, -0.05) is 0 Å². The van der Waals surface area contributed by atoms with E-state index in [1.165, 1.54) is 4.31 Å². The van der Waals surface area contributed by atoms with Crippen LogP contribution >= 0.6 is 0 Å². The average Bonchev–Trinajstić information content (AvgIpc) is 3.09. The summed E-state index contributed by atoms with van der Waals surface area (Å²) in [4.78, 5) is 14.6. The second-order valence-corrected chi connectivity index (χ2v) is 9.07. The molecule has 2 atom stereocenters. The molecule has 2 saturated heterocycles. The zero-order valence-corrected chi connectivity index (χ0v) is 16.2. The van der Waals surface area contributed by atoms with Crippen molar-refractivity contribution in [2.45, 2.75) is 43.8 Å². The third-order valence-corrected chi connectivity index (χ3v) is 6.62. The van der Waals surface area contributed by atoms with E-state index in [1.54, 1.807) is 24.3 Å². The van der Waals surface area contributed by atoms with Gasteiger partial charge >= 0.3 is 0 Å². The molecule has 1 aromatic carbocycles. The molecule has 1 amide bonds. The molecule has 2 aliphatic rings. The fraction of sp³-hybridized carbons (Fsp3) is 0.611. The molecular weight excluding hydrogens is 354 g/mol. The van der Waals surface area contributed by atoms with E-state index in [1.807, 2.05) is 13.8 Å². The Bertz CT molecular complexity index is 719. The smallest absolute Gasteiger partial charge is 0.243 e. The number of morpholine rings is 1. The Labute approximate surface area is 155 Å². The highest BCUT2D eigenvalue weighted by Gasteiger charge is 2.27. The summed E-state index contributed by atoms with van der Waals surface area (Å²) in [6.45, 7) is 6.91. The van der Waals surface area contributed by atoms with Crippen molar-refractivity contribution in [1.29, 1.82) is 0 Å². The summed E-state index contributed by atoms with van der Waals surface area (Å²) in [5.74, 6) is -0.110. The summed E-state index contributed by atoms with van der Waals surface area (Å²) < 4.78 is 32.2. The first-order valence-corrected chi connectivity index (χ1v) is 10.6. The van der Waals surface area contributed by atoms with E-state index in [4.69, 9.17) is 4.74 Å². The zero-order valence-electron chi connectivity index (χ0n) is 15.3. The predicted molar refractivity (Wildman–Crippen MR) is 99.5 cm³/mol. The molecule has 0 aromatic heterocycles. The van der Waals surface area contributed by atoms with E-state index in [0.717, 1.165) is 25.9 Å². The van der Waals surface area contributed by atoms with Crippen LogP contribution in [0.2, 0.25) is 0 Å². The van der Waals surface area contributed by atoms with Crippen molar-refractivity contribution >= 4 is 21.6 Å². The van der Waals surface area contributed by atoms with Gasteiger partial charge in [-0.15, -0.1) is 0 Å². The number of hydrogen-bond acceptors (Lipinski definition) is 5. The van der Waals surface area contributed by atoms with Gasteiger partial charge in [0.2, 0.25) is 15.9 Å². The molecule has 26 heavy (non-hydrogen) atoms. The van der Waals surface area contributed by atoms with Crippen molar-refractivity contribution in [3.8, 4) is 0 Å². The highest BCUT2D eigenvalue weighted by atomic mass is 32.2. The van der Waals surface area contributed by atoms with Gasteiger partial charge in [0.15, 0.2) is 0 Å². The molecule has 2 heterocycles. The van der Waals surface area contributed by atoms with Gasteiger partial charge in [-0.25, -0.2) is 8.42 Å². The van der Waals surface area contributed by atoms with Crippen molar-refractivity contribution in [3.63, 3.8) is 0 Å². The number of hydrogen-bond donors (Lipinski definition) is 1. The van der Waals surface area contributed by atoms with Gasteiger partial charge in [0.05, 0.1) is 23.6 Å². The Kier molecular flexibility index (Phi) is 5.96. The van der Waals surface area contributed by atoms with E-state index in [2.05, 4.69) is 10.2 Å². The minimum Gasteiger partial charge on any atom is -0.373 e. The van der Waals surface area contributed by atoms with Crippen LogP contribution in [0.15, 0.2) is 29.2 Å². The molecule has 0 spiro atoms. The van der Waals surface area contributed by atoms with Crippen LogP contribution in [-0.4, -0.2) is 68.5 Å². The number of carbonyl (C=O) groups is 1. The second kappa shape index (κ2) is 8.04. The molecule has 0 bridgehead atoms. The number of benzene rings is 1. The number of sulfonamides is 1. The molecular formula is C18H27N3O4S. The van der Waals surface area contributed by atoms with Crippen molar-refractivity contribution in [2.75, 3.05) is 38.0 Å². The third kappa shape index (κ3) is 4.62. The summed E-state index contributed by atoms with van der Waals surface area (Å²) in [5.41, 5.74) is 0.602. The van der Waals surface area contributed by atoms with Crippen LogP contribution in [-0.2, 0) is 19.6 Å². The van der Waals surface area contributed by atoms with E-state index < -0.39 is 10.0 Å². The maximum Gasteiger partial charge on any atom is 0.243 e. The lowest BCUT2D eigenvalue weighted by Gasteiger charge is -2.34. The number of nitrogens with one attached hydrogen (secondary N) is 1. The molecule has 2 fully saturated rings. The second-order valence-electron chi connectivity index (χ2n) is 7.14. The number of carbonyl (C=O) groups excluding carboxylic acids is 1. The predicted octanol–water partition coefficient (Wildman–Crippen LogP) is 1.52. The summed E-state index contributed by atoms with van der Waals surface area (Å²) in [6.07, 6.45) is 2.04. The Balaban J connectivity index is 1.58. The molecule has 2 aliphatic heterocycles. The monoisotopic (exact) mass is 381 g/mol. The standard InChI is InChI=1S/C18H27N3O4S/c1-14-11-20(12-15(2)25-14)13-18(22)19-16-5-7-17(8-6-16)26(23,24)21-9-3-4-10-21/h5-8,14-15H,3-4,9-13H2,1-2H3,(H,19,22)/t14-,15-/m0/s1. The van der Waals surface area contributed by atoms with Gasteiger partial charge in [-0.3, -0.25) is 9.69 Å². The van der Waals surface area contributed by atoms with Gasteiger partial charge < -0.3 is 10.1 Å². The van der Waals surface area contributed by atoms with Gasteiger partial charge in [0.1, 0.15) is 0 Å². The SMILES string of the molecule is C[C@H]1CN(CC(=O)Nc2ccc(S(=O)(=O)N3CCCC3)cc2)C[C@H](C)O1. The first kappa shape index (κ1) is 19.3. The summed E-state index contributed by atoms with van der Waals surface area (Å²) in [5, 5.41) is 2.84. The van der Waals surface area contributed by atoms with E-state index >= 15 is 0 Å². The van der Waals surface area contributed by atoms with Gasteiger partial charge in [0.25, 0.3) is 0 Å². The van der Waals surface area contributed by atoms with Crippen molar-refractivity contribution < 1.29 is 17.9 Å². The summed E-state index contributed by atoms with van der Waals surface area (Å²) in [6, 6.07) is 6.40. The molecule has 8 heteroatoms. The number of rotatable bonds is 5. The van der Waals surface area contributed by atoms with Crippen LogP contribution < -0.4 is 5.32 Å².